The maximum atomic E-state index is 12.8. The third kappa shape index (κ3) is 4.69. The third-order valence-electron chi connectivity index (χ3n) is 4.61. The number of benzene rings is 2. The van der Waals surface area contributed by atoms with Gasteiger partial charge in [-0.2, -0.15) is 4.31 Å². The highest BCUT2D eigenvalue weighted by molar-refractivity contribution is 7.89. The summed E-state index contributed by atoms with van der Waals surface area (Å²) in [7, 11) is -3.41. The summed E-state index contributed by atoms with van der Waals surface area (Å²) in [6.07, 6.45) is 1.89. The molecule has 0 N–H and O–H groups in total. The molecule has 0 amide bonds. The first-order chi connectivity index (χ1) is 12.1. The van der Waals surface area contributed by atoms with Crippen LogP contribution in [0.25, 0.3) is 0 Å². The fraction of sp³-hybridized carbons (Fsp3) is 0.400. The van der Waals surface area contributed by atoms with Gasteiger partial charge < -0.3 is 4.74 Å². The predicted molar refractivity (Wildman–Crippen MR) is 98.8 cm³/mol. The summed E-state index contributed by atoms with van der Waals surface area (Å²) in [5.74, 6) is 0.248. The van der Waals surface area contributed by atoms with Gasteiger partial charge in [0.05, 0.1) is 18.1 Å². The van der Waals surface area contributed by atoms with E-state index in [1.54, 1.807) is 16.4 Å². The summed E-state index contributed by atoms with van der Waals surface area (Å²) in [5.41, 5.74) is 2.20. The van der Waals surface area contributed by atoms with Crippen molar-refractivity contribution in [2.24, 2.45) is 5.92 Å². The number of piperidine rings is 1. The van der Waals surface area contributed by atoms with Crippen LogP contribution in [-0.4, -0.2) is 32.4 Å². The summed E-state index contributed by atoms with van der Waals surface area (Å²) < 4.78 is 33.1. The van der Waals surface area contributed by atoms with Crippen LogP contribution in [0, 0.1) is 12.8 Å². The van der Waals surface area contributed by atoms with Crippen LogP contribution in [0.4, 0.5) is 0 Å². The van der Waals surface area contributed by atoms with E-state index in [2.05, 4.69) is 0 Å². The summed E-state index contributed by atoms with van der Waals surface area (Å²) >= 11 is 0. The van der Waals surface area contributed by atoms with E-state index in [9.17, 15) is 8.42 Å². The Morgan fingerprint density at radius 2 is 1.80 bits per heavy atom. The smallest absolute Gasteiger partial charge is 0.243 e. The molecule has 25 heavy (non-hydrogen) atoms. The second-order valence-electron chi connectivity index (χ2n) is 6.69. The zero-order chi connectivity index (χ0) is 17.7. The van der Waals surface area contributed by atoms with E-state index < -0.39 is 10.0 Å². The van der Waals surface area contributed by atoms with E-state index in [0.717, 1.165) is 24.0 Å². The van der Waals surface area contributed by atoms with Crippen LogP contribution in [0.5, 0.6) is 0 Å². The van der Waals surface area contributed by atoms with Gasteiger partial charge in [0.15, 0.2) is 0 Å². The standard InChI is InChI=1S/C20H25NO3S/c1-17-9-11-20(12-10-17)25(22,23)21-13-5-8-19(14-21)16-24-15-18-6-3-2-4-7-18/h2-4,6-7,9-12,19H,5,8,13-16H2,1H3. The molecule has 1 atom stereocenters. The average Bonchev–Trinajstić information content (AvgIpc) is 2.63. The van der Waals surface area contributed by atoms with E-state index in [0.29, 0.717) is 31.2 Å². The van der Waals surface area contributed by atoms with Gasteiger partial charge in [0.1, 0.15) is 0 Å². The lowest BCUT2D eigenvalue weighted by atomic mass is 10.0. The van der Waals surface area contributed by atoms with Gasteiger partial charge in [0, 0.05) is 13.1 Å². The Morgan fingerprint density at radius 3 is 2.52 bits per heavy atom. The lowest BCUT2D eigenvalue weighted by Gasteiger charge is -2.31. The molecule has 0 aliphatic carbocycles. The Morgan fingerprint density at radius 1 is 1.08 bits per heavy atom. The van der Waals surface area contributed by atoms with Crippen LogP contribution in [-0.2, 0) is 21.4 Å². The molecular formula is C20H25NO3S. The Hall–Kier alpha value is -1.69. The van der Waals surface area contributed by atoms with Crippen LogP contribution in [0.1, 0.15) is 24.0 Å². The summed E-state index contributed by atoms with van der Waals surface area (Å²) in [4.78, 5) is 0.379. The molecule has 1 saturated heterocycles. The minimum atomic E-state index is -3.41. The van der Waals surface area contributed by atoms with Crippen LogP contribution in [0.15, 0.2) is 59.5 Å². The average molecular weight is 359 g/mol. The minimum absolute atomic E-state index is 0.248. The molecule has 0 spiro atoms. The molecule has 1 aliphatic heterocycles. The summed E-state index contributed by atoms with van der Waals surface area (Å²) in [6.45, 7) is 4.24. The third-order valence-corrected chi connectivity index (χ3v) is 6.48. The van der Waals surface area contributed by atoms with Gasteiger partial charge in [0.2, 0.25) is 10.0 Å². The van der Waals surface area contributed by atoms with Crippen molar-refractivity contribution < 1.29 is 13.2 Å². The van der Waals surface area contributed by atoms with Gasteiger partial charge in [-0.25, -0.2) is 8.42 Å². The van der Waals surface area contributed by atoms with Crippen molar-refractivity contribution in [3.8, 4) is 0 Å². The summed E-state index contributed by atoms with van der Waals surface area (Å²) in [6, 6.07) is 17.1. The van der Waals surface area contributed by atoms with Crippen LogP contribution < -0.4 is 0 Å². The van der Waals surface area contributed by atoms with E-state index in [1.807, 2.05) is 49.4 Å². The van der Waals surface area contributed by atoms with E-state index in [-0.39, 0.29) is 5.92 Å². The van der Waals surface area contributed by atoms with Crippen LogP contribution in [0.2, 0.25) is 0 Å². The van der Waals surface area contributed by atoms with Gasteiger partial charge in [-0.3, -0.25) is 0 Å². The molecule has 0 bridgehead atoms. The molecule has 1 fully saturated rings. The van der Waals surface area contributed by atoms with Gasteiger partial charge in [-0.1, -0.05) is 48.0 Å². The molecule has 1 unspecified atom stereocenters. The van der Waals surface area contributed by atoms with Crippen molar-refractivity contribution in [1.82, 2.24) is 4.31 Å². The first-order valence-electron chi connectivity index (χ1n) is 8.74. The van der Waals surface area contributed by atoms with Crippen molar-refractivity contribution in [3.63, 3.8) is 0 Å². The first kappa shape index (κ1) is 18.1. The van der Waals surface area contributed by atoms with Gasteiger partial charge >= 0.3 is 0 Å². The molecule has 3 rings (SSSR count). The van der Waals surface area contributed by atoms with Crippen molar-refractivity contribution in [1.29, 1.82) is 0 Å². The maximum absolute atomic E-state index is 12.8. The second kappa shape index (κ2) is 8.13. The zero-order valence-corrected chi connectivity index (χ0v) is 15.4. The SMILES string of the molecule is Cc1ccc(S(=O)(=O)N2CCCC(COCc3ccccc3)C2)cc1. The monoisotopic (exact) mass is 359 g/mol. The number of hydrogen-bond acceptors (Lipinski definition) is 3. The van der Waals surface area contributed by atoms with Gasteiger partial charge in [-0.05, 0) is 43.4 Å². The number of rotatable bonds is 6. The highest BCUT2D eigenvalue weighted by Crippen LogP contribution is 2.24. The first-order valence-corrected chi connectivity index (χ1v) is 10.2. The fourth-order valence-corrected chi connectivity index (χ4v) is 4.71. The topological polar surface area (TPSA) is 46.6 Å². The molecule has 134 valence electrons. The minimum Gasteiger partial charge on any atom is -0.376 e. The van der Waals surface area contributed by atoms with Crippen molar-refractivity contribution in [3.05, 3.63) is 65.7 Å². The molecule has 0 aromatic heterocycles. The number of nitrogens with zero attached hydrogens (tertiary/aromatic N) is 1. The van der Waals surface area contributed by atoms with Crippen molar-refractivity contribution >= 4 is 10.0 Å². The zero-order valence-electron chi connectivity index (χ0n) is 14.6. The molecule has 2 aromatic carbocycles. The molecule has 4 nitrogen and oxygen atoms in total. The van der Waals surface area contributed by atoms with Crippen molar-refractivity contribution in [2.75, 3.05) is 19.7 Å². The Kier molecular flexibility index (Phi) is 5.89. The normalized spacial score (nSPS) is 19.0. The lowest BCUT2D eigenvalue weighted by molar-refractivity contribution is 0.0672. The summed E-state index contributed by atoms with van der Waals surface area (Å²) in [5, 5.41) is 0. The highest BCUT2D eigenvalue weighted by Gasteiger charge is 2.30. The highest BCUT2D eigenvalue weighted by atomic mass is 32.2. The number of sulfonamides is 1. The number of aryl methyl sites for hydroxylation is 1. The molecule has 5 heteroatoms. The van der Waals surface area contributed by atoms with Gasteiger partial charge in [-0.15, -0.1) is 0 Å². The molecule has 1 aliphatic rings. The Bertz CT molecular complexity index is 772. The maximum Gasteiger partial charge on any atom is 0.243 e. The molecule has 0 saturated carbocycles. The molecular weight excluding hydrogens is 334 g/mol. The van der Waals surface area contributed by atoms with E-state index in [4.69, 9.17) is 4.74 Å². The molecule has 1 heterocycles. The Labute approximate surface area is 150 Å². The fourth-order valence-electron chi connectivity index (χ4n) is 3.16. The van der Waals surface area contributed by atoms with Gasteiger partial charge in [0.25, 0.3) is 0 Å². The quantitative estimate of drug-likeness (QED) is 0.791. The number of hydrogen-bond donors (Lipinski definition) is 0. The Balaban J connectivity index is 1.58. The predicted octanol–water partition coefficient (Wildman–Crippen LogP) is 3.61. The molecule has 2 aromatic rings. The largest absolute Gasteiger partial charge is 0.376 e. The van der Waals surface area contributed by atoms with Crippen LogP contribution in [0.3, 0.4) is 0 Å². The van der Waals surface area contributed by atoms with E-state index >= 15 is 0 Å². The molecule has 0 radical (unpaired) electrons. The lowest BCUT2D eigenvalue weighted by Crippen LogP contribution is -2.41. The van der Waals surface area contributed by atoms with Crippen LogP contribution >= 0.6 is 0 Å². The van der Waals surface area contributed by atoms with E-state index in [1.165, 1.54) is 0 Å². The van der Waals surface area contributed by atoms with Crippen molar-refractivity contribution in [2.45, 2.75) is 31.3 Å². The number of ether oxygens (including phenoxy) is 1. The second-order valence-corrected chi connectivity index (χ2v) is 8.62.